The number of carboxylic acid groups (broad SMARTS) is 1. The van der Waals surface area contributed by atoms with Gasteiger partial charge in [-0.05, 0) is 18.1 Å². The summed E-state index contributed by atoms with van der Waals surface area (Å²) in [7, 11) is 0. The molecule has 70 valence electrons. The Kier molecular flexibility index (Phi) is 7.78. The van der Waals surface area contributed by atoms with Crippen LogP contribution < -0.4 is 34.7 Å². The first-order chi connectivity index (χ1) is 5.37. The minimum absolute atomic E-state index is 0. The molecule has 2 nitrogen and oxygen atoms in total. The van der Waals surface area contributed by atoms with E-state index in [2.05, 4.69) is 0 Å². The van der Waals surface area contributed by atoms with Crippen LogP contribution in [-0.2, 0) is 4.79 Å². The topological polar surface area (TPSA) is 40.1 Å². The first-order valence-corrected chi connectivity index (χ1v) is 3.67. The van der Waals surface area contributed by atoms with Crippen LogP contribution in [-0.4, -0.2) is 11.9 Å². The number of rotatable bonds is 4. The van der Waals surface area contributed by atoms with Crippen LogP contribution in [0.25, 0.3) is 0 Å². The second kappa shape index (κ2) is 6.51. The van der Waals surface area contributed by atoms with Crippen LogP contribution in [0.15, 0.2) is 11.6 Å². The number of aliphatic carboxylic acids is 1. The first-order valence-electron chi connectivity index (χ1n) is 3.67. The Morgan fingerprint density at radius 3 is 2.23 bits per heavy atom. The van der Waals surface area contributed by atoms with Crippen molar-refractivity contribution in [2.24, 2.45) is 0 Å². The minimum atomic E-state index is -3.08. The van der Waals surface area contributed by atoms with Crippen molar-refractivity contribution in [1.29, 1.82) is 0 Å². The average Bonchev–Trinajstić information content (AvgIpc) is 1.83. The Hall–Kier alpha value is 0.0700. The first kappa shape index (κ1) is 15.5. The molecular formula is C8H11F2NaO2. The molecule has 0 radical (unpaired) electrons. The van der Waals surface area contributed by atoms with Gasteiger partial charge in [0.1, 0.15) is 0 Å². The van der Waals surface area contributed by atoms with Gasteiger partial charge in [0, 0.05) is 6.92 Å². The quantitative estimate of drug-likeness (QED) is 0.393. The molecule has 0 aliphatic carbocycles. The van der Waals surface area contributed by atoms with Crippen LogP contribution in [0.2, 0.25) is 0 Å². The number of hydrogen-bond donors (Lipinski definition) is 0. The van der Waals surface area contributed by atoms with Crippen LogP contribution in [0.1, 0.15) is 26.7 Å². The summed E-state index contributed by atoms with van der Waals surface area (Å²) in [6.07, 6.45) is 1.06. The molecule has 0 unspecified atom stereocenters. The van der Waals surface area contributed by atoms with Gasteiger partial charge in [-0.25, -0.2) is 8.78 Å². The van der Waals surface area contributed by atoms with Crippen LogP contribution in [0.4, 0.5) is 8.78 Å². The van der Waals surface area contributed by atoms with E-state index in [0.717, 1.165) is 0 Å². The Morgan fingerprint density at radius 2 is 2.00 bits per heavy atom. The molecule has 0 fully saturated rings. The van der Waals surface area contributed by atoms with Crippen molar-refractivity contribution >= 4 is 5.97 Å². The number of alkyl halides is 2. The van der Waals surface area contributed by atoms with Crippen molar-refractivity contribution in [2.45, 2.75) is 32.6 Å². The van der Waals surface area contributed by atoms with E-state index in [1.165, 1.54) is 0 Å². The fraction of sp³-hybridized carbons (Fsp3) is 0.625. The van der Waals surface area contributed by atoms with E-state index in [0.29, 0.717) is 19.4 Å². The van der Waals surface area contributed by atoms with Gasteiger partial charge in [-0.3, -0.25) is 0 Å². The molecule has 0 heterocycles. The molecule has 0 saturated heterocycles. The van der Waals surface area contributed by atoms with Crippen molar-refractivity contribution in [2.75, 3.05) is 0 Å². The van der Waals surface area contributed by atoms with Crippen LogP contribution >= 0.6 is 0 Å². The monoisotopic (exact) mass is 200 g/mol. The van der Waals surface area contributed by atoms with Crippen molar-refractivity contribution in [3.8, 4) is 0 Å². The zero-order valence-corrected chi connectivity index (χ0v) is 10.1. The average molecular weight is 200 g/mol. The zero-order chi connectivity index (χ0) is 9.78. The molecule has 0 amide bonds. The summed E-state index contributed by atoms with van der Waals surface area (Å²) < 4.78 is 24.6. The molecule has 0 rings (SSSR count). The smallest absolute Gasteiger partial charge is 0.545 e. The molecule has 13 heavy (non-hydrogen) atoms. The Labute approximate surface area is 98.3 Å². The Morgan fingerprint density at radius 1 is 1.54 bits per heavy atom. The zero-order valence-electron chi connectivity index (χ0n) is 8.06. The molecule has 0 spiro atoms. The molecule has 0 aromatic carbocycles. The van der Waals surface area contributed by atoms with E-state index < -0.39 is 11.9 Å². The Bertz CT molecular complexity index is 197. The minimum Gasteiger partial charge on any atom is -0.545 e. The van der Waals surface area contributed by atoms with E-state index in [4.69, 9.17) is 0 Å². The summed E-state index contributed by atoms with van der Waals surface area (Å²) in [6.45, 7) is 2.36. The van der Waals surface area contributed by atoms with Crippen LogP contribution in [0.5, 0.6) is 0 Å². The molecule has 5 heteroatoms. The van der Waals surface area contributed by atoms with Crippen molar-refractivity contribution in [3.63, 3.8) is 0 Å². The fourth-order valence-corrected chi connectivity index (χ4v) is 0.808. The summed E-state index contributed by atoms with van der Waals surface area (Å²) in [5.41, 5.74) is -0.329. The predicted octanol–water partition coefficient (Wildman–Crippen LogP) is -1.88. The number of carbonyl (C=O) groups excluding carboxylic acids is 1. The molecule has 0 aliphatic heterocycles. The van der Waals surface area contributed by atoms with Crippen LogP contribution in [0, 0.1) is 0 Å². The number of halogens is 2. The van der Waals surface area contributed by atoms with E-state index in [1.54, 1.807) is 6.92 Å². The second-order valence-corrected chi connectivity index (χ2v) is 2.66. The van der Waals surface area contributed by atoms with Gasteiger partial charge in [-0.15, -0.1) is 0 Å². The summed E-state index contributed by atoms with van der Waals surface area (Å²) in [4.78, 5) is 10.3. The maximum absolute atomic E-state index is 12.3. The van der Waals surface area contributed by atoms with E-state index >= 15 is 0 Å². The normalized spacial score (nSPS) is 12.2. The molecule has 0 atom stereocenters. The van der Waals surface area contributed by atoms with Crippen molar-refractivity contribution < 1.29 is 48.2 Å². The largest absolute Gasteiger partial charge is 1.00 e. The molecule has 0 saturated carbocycles. The number of allylic oxidation sites excluding steroid dienone is 1. The maximum atomic E-state index is 12.3. The summed E-state index contributed by atoms with van der Waals surface area (Å²) in [5.74, 6) is -4.59. The van der Waals surface area contributed by atoms with Gasteiger partial charge in [-0.2, -0.15) is 0 Å². The van der Waals surface area contributed by atoms with Gasteiger partial charge >= 0.3 is 29.6 Å². The third kappa shape index (κ3) is 8.40. The van der Waals surface area contributed by atoms with Gasteiger partial charge in [-0.1, -0.05) is 13.3 Å². The summed E-state index contributed by atoms with van der Waals surface area (Å²) in [5, 5.41) is 10.3. The number of carboxylic acids is 1. The van der Waals surface area contributed by atoms with E-state index in [-0.39, 0.29) is 41.6 Å². The predicted molar refractivity (Wildman–Crippen MR) is 38.6 cm³/mol. The number of hydrogen-bond acceptors (Lipinski definition) is 2. The fourth-order valence-electron chi connectivity index (χ4n) is 0.808. The molecule has 0 aromatic heterocycles. The second-order valence-electron chi connectivity index (χ2n) is 2.66. The third-order valence-electron chi connectivity index (χ3n) is 1.21. The van der Waals surface area contributed by atoms with E-state index in [9.17, 15) is 18.7 Å². The van der Waals surface area contributed by atoms with Crippen molar-refractivity contribution in [3.05, 3.63) is 11.6 Å². The van der Waals surface area contributed by atoms with Gasteiger partial charge in [0.25, 0.3) is 5.92 Å². The molecule has 0 N–H and O–H groups in total. The van der Waals surface area contributed by atoms with Gasteiger partial charge in [0.05, 0.1) is 5.97 Å². The van der Waals surface area contributed by atoms with Crippen LogP contribution in [0.3, 0.4) is 0 Å². The molecular weight excluding hydrogens is 189 g/mol. The standard InChI is InChI=1S/C8H12F2O2.Na/c1-3-4-6(7(11)12)5-8(2,9)10;/h5H,3-4H2,1-2H3,(H,11,12);/q;+1/p-1/b6-5-;. The maximum Gasteiger partial charge on any atom is 1.00 e. The third-order valence-corrected chi connectivity index (χ3v) is 1.21. The summed E-state index contributed by atoms with van der Waals surface area (Å²) >= 11 is 0. The van der Waals surface area contributed by atoms with Gasteiger partial charge in [0.15, 0.2) is 0 Å². The van der Waals surface area contributed by atoms with Gasteiger partial charge in [0.2, 0.25) is 0 Å². The van der Waals surface area contributed by atoms with E-state index in [1.807, 2.05) is 0 Å². The number of carbonyl (C=O) groups is 1. The molecule has 0 aromatic rings. The molecule has 0 bridgehead atoms. The van der Waals surface area contributed by atoms with Gasteiger partial charge < -0.3 is 9.90 Å². The Balaban J connectivity index is 0. The SMILES string of the molecule is CCC/C(=C/C(C)(F)F)C(=O)[O-].[Na+]. The summed E-state index contributed by atoms with van der Waals surface area (Å²) in [6, 6.07) is 0. The molecule has 0 aliphatic rings. The van der Waals surface area contributed by atoms with Crippen molar-refractivity contribution in [1.82, 2.24) is 0 Å².